The Morgan fingerprint density at radius 2 is 1.93 bits per heavy atom. The Bertz CT molecular complexity index is 1210. The van der Waals surface area contributed by atoms with E-state index >= 15 is 0 Å². The van der Waals surface area contributed by atoms with Crippen molar-refractivity contribution in [2.45, 2.75) is 12.5 Å². The summed E-state index contributed by atoms with van der Waals surface area (Å²) in [6, 6.07) is 19.0. The molecule has 0 aliphatic rings. The quantitative estimate of drug-likeness (QED) is 0.294. The number of nitrogens with one attached hydrogen (secondary N) is 1. The van der Waals surface area contributed by atoms with Crippen molar-refractivity contribution in [2.75, 3.05) is 6.54 Å². The number of aromatic nitrogens is 1. The second-order valence-corrected chi connectivity index (χ2v) is 7.37. The molecule has 3 aromatic carbocycles. The number of hydrogen-bond donors (Lipinski definition) is 1. The van der Waals surface area contributed by atoms with Gasteiger partial charge in [0, 0.05) is 22.0 Å². The lowest BCUT2D eigenvalue weighted by Gasteiger charge is -2.15. The summed E-state index contributed by atoms with van der Waals surface area (Å²) in [6.45, 7) is -0.0979. The molecule has 7 heteroatoms. The molecule has 0 aliphatic carbocycles. The van der Waals surface area contributed by atoms with Crippen LogP contribution < -0.4 is 4.74 Å². The second-order valence-electron chi connectivity index (χ2n) is 6.97. The highest BCUT2D eigenvalue weighted by Crippen LogP contribution is 2.35. The third kappa shape index (κ3) is 4.28. The van der Waals surface area contributed by atoms with Crippen LogP contribution in [0.15, 0.2) is 72.9 Å². The molecule has 5 nitrogen and oxygen atoms in total. The van der Waals surface area contributed by atoms with Gasteiger partial charge in [0.2, 0.25) is 6.54 Å². The molecular formula is C23H18ClFN2O3. The number of nitrogens with zero attached hydrogens (tertiary/aromatic N) is 1. The van der Waals surface area contributed by atoms with Gasteiger partial charge in [0.05, 0.1) is 10.9 Å². The molecule has 4 aromatic rings. The number of nitro groups is 1. The number of H-pyrrole nitrogens is 1. The Kier molecular flexibility index (Phi) is 5.68. The molecule has 0 aliphatic heterocycles. The minimum absolute atomic E-state index is 0.164. The van der Waals surface area contributed by atoms with Crippen LogP contribution in [0.1, 0.15) is 22.6 Å². The molecule has 0 spiro atoms. The van der Waals surface area contributed by atoms with Gasteiger partial charge in [-0.2, -0.15) is 0 Å². The zero-order valence-corrected chi connectivity index (χ0v) is 16.6. The molecular weight excluding hydrogens is 407 g/mol. The van der Waals surface area contributed by atoms with E-state index < -0.39 is 5.92 Å². The largest absolute Gasteiger partial charge is 0.487 e. The Morgan fingerprint density at radius 3 is 2.70 bits per heavy atom. The summed E-state index contributed by atoms with van der Waals surface area (Å²) in [4.78, 5) is 14.2. The number of rotatable bonds is 7. The maximum atomic E-state index is 13.3. The zero-order chi connectivity index (χ0) is 21.1. The van der Waals surface area contributed by atoms with E-state index in [2.05, 4.69) is 4.98 Å². The highest BCUT2D eigenvalue weighted by atomic mass is 35.5. The molecule has 0 saturated heterocycles. The minimum atomic E-state index is -0.467. The number of hydrogen-bond acceptors (Lipinski definition) is 3. The van der Waals surface area contributed by atoms with Gasteiger partial charge >= 0.3 is 0 Å². The Hall–Kier alpha value is -3.38. The fourth-order valence-corrected chi connectivity index (χ4v) is 3.80. The van der Waals surface area contributed by atoms with Crippen molar-refractivity contribution >= 4 is 22.5 Å². The van der Waals surface area contributed by atoms with E-state index in [9.17, 15) is 14.5 Å². The lowest BCUT2D eigenvalue weighted by Crippen LogP contribution is -2.13. The Morgan fingerprint density at radius 1 is 1.10 bits per heavy atom. The number of aromatic amines is 1. The van der Waals surface area contributed by atoms with Gasteiger partial charge < -0.3 is 9.72 Å². The maximum absolute atomic E-state index is 13.3. The number of ether oxygens (including phenoxy) is 1. The minimum Gasteiger partial charge on any atom is -0.487 e. The summed E-state index contributed by atoms with van der Waals surface area (Å²) in [6.07, 6.45) is 1.81. The first kappa shape index (κ1) is 19.9. The number of benzene rings is 3. The molecule has 1 aromatic heterocycles. The summed E-state index contributed by atoms with van der Waals surface area (Å²) in [7, 11) is 0. The van der Waals surface area contributed by atoms with Crippen LogP contribution in [0.4, 0.5) is 4.39 Å². The summed E-state index contributed by atoms with van der Waals surface area (Å²) < 4.78 is 19.0. The normalized spacial score (nSPS) is 12.1. The predicted molar refractivity (Wildman–Crippen MR) is 114 cm³/mol. The number of para-hydroxylation sites is 1. The van der Waals surface area contributed by atoms with Crippen molar-refractivity contribution in [1.29, 1.82) is 0 Å². The molecule has 0 saturated carbocycles. The summed E-state index contributed by atoms with van der Waals surface area (Å²) in [5.41, 5.74) is 3.16. The van der Waals surface area contributed by atoms with E-state index in [-0.39, 0.29) is 23.9 Å². The Balaban J connectivity index is 1.62. The van der Waals surface area contributed by atoms with Crippen molar-refractivity contribution in [2.24, 2.45) is 0 Å². The van der Waals surface area contributed by atoms with Gasteiger partial charge in [0.1, 0.15) is 18.2 Å². The van der Waals surface area contributed by atoms with Crippen molar-refractivity contribution < 1.29 is 14.1 Å². The van der Waals surface area contributed by atoms with Crippen LogP contribution >= 0.6 is 11.6 Å². The fourth-order valence-electron chi connectivity index (χ4n) is 3.55. The van der Waals surface area contributed by atoms with Gasteiger partial charge in [-0.15, -0.1) is 0 Å². The first-order valence-electron chi connectivity index (χ1n) is 9.36. The third-order valence-corrected chi connectivity index (χ3v) is 5.27. The van der Waals surface area contributed by atoms with Gasteiger partial charge in [-0.1, -0.05) is 48.0 Å². The highest BCUT2D eigenvalue weighted by molar-refractivity contribution is 6.32. The van der Waals surface area contributed by atoms with Crippen molar-refractivity contribution in [3.63, 3.8) is 0 Å². The molecule has 0 fully saturated rings. The standard InChI is InChI=1S/C23H18ClFN2O3/c24-21-11-16(8-9-23(21)30-14-15-4-3-5-17(25)10-15)20(13-27(28)29)19-12-26-22-7-2-1-6-18(19)22/h1-12,20,26H,13-14H2/t20-/m0/s1. The molecule has 0 amide bonds. The van der Waals surface area contributed by atoms with Crippen molar-refractivity contribution in [1.82, 2.24) is 4.98 Å². The molecule has 30 heavy (non-hydrogen) atoms. The molecule has 0 radical (unpaired) electrons. The summed E-state index contributed by atoms with van der Waals surface area (Å²) in [5, 5.41) is 12.6. The lowest BCUT2D eigenvalue weighted by molar-refractivity contribution is -0.481. The molecule has 0 unspecified atom stereocenters. The van der Waals surface area contributed by atoms with Crippen molar-refractivity contribution in [3.8, 4) is 5.75 Å². The van der Waals surface area contributed by atoms with Crippen LogP contribution in [-0.2, 0) is 6.61 Å². The van der Waals surface area contributed by atoms with Gasteiger partial charge in [-0.3, -0.25) is 10.1 Å². The predicted octanol–water partition coefficient (Wildman–Crippen LogP) is 5.95. The van der Waals surface area contributed by atoms with Crippen LogP contribution in [0, 0.1) is 15.9 Å². The molecule has 1 atom stereocenters. The van der Waals surface area contributed by atoms with E-state index in [1.807, 2.05) is 24.3 Å². The summed E-state index contributed by atoms with van der Waals surface area (Å²) >= 11 is 6.41. The monoisotopic (exact) mass is 424 g/mol. The van der Waals surface area contributed by atoms with Gasteiger partial charge in [-0.05, 0) is 47.0 Å². The lowest BCUT2D eigenvalue weighted by atomic mass is 9.91. The van der Waals surface area contributed by atoms with Crippen LogP contribution in [0.5, 0.6) is 5.75 Å². The molecule has 0 bridgehead atoms. The van der Waals surface area contributed by atoms with E-state index in [0.29, 0.717) is 16.3 Å². The van der Waals surface area contributed by atoms with Crippen LogP contribution in [0.25, 0.3) is 10.9 Å². The fraction of sp³-hybridized carbons (Fsp3) is 0.130. The van der Waals surface area contributed by atoms with Crippen LogP contribution in [0.2, 0.25) is 5.02 Å². The van der Waals surface area contributed by atoms with E-state index in [1.54, 1.807) is 36.5 Å². The SMILES string of the molecule is O=[N+]([O-])C[C@@H](c1ccc(OCc2cccc(F)c2)c(Cl)c1)c1c[nH]c2ccccc12. The van der Waals surface area contributed by atoms with Gasteiger partial charge in [-0.25, -0.2) is 4.39 Å². The highest BCUT2D eigenvalue weighted by Gasteiger charge is 2.24. The number of halogens is 2. The maximum Gasteiger partial charge on any atom is 0.214 e. The van der Waals surface area contributed by atoms with Gasteiger partial charge in [0.25, 0.3) is 0 Å². The zero-order valence-electron chi connectivity index (χ0n) is 15.8. The Labute approximate surface area is 177 Å². The average molecular weight is 425 g/mol. The number of fused-ring (bicyclic) bond motifs is 1. The van der Waals surface area contributed by atoms with Gasteiger partial charge in [0.15, 0.2) is 0 Å². The topological polar surface area (TPSA) is 68.2 Å². The van der Waals surface area contributed by atoms with Crippen molar-refractivity contribution in [3.05, 3.63) is 111 Å². The first-order chi connectivity index (χ1) is 14.5. The molecule has 1 N–H and O–H groups in total. The van der Waals surface area contributed by atoms with Crippen LogP contribution in [-0.4, -0.2) is 16.5 Å². The smallest absolute Gasteiger partial charge is 0.214 e. The van der Waals surface area contributed by atoms with E-state index in [4.69, 9.17) is 16.3 Å². The molecule has 1 heterocycles. The second kappa shape index (κ2) is 8.55. The average Bonchev–Trinajstić information content (AvgIpc) is 3.15. The molecule has 4 rings (SSSR count). The first-order valence-corrected chi connectivity index (χ1v) is 9.73. The molecule has 152 valence electrons. The summed E-state index contributed by atoms with van der Waals surface area (Å²) in [5.74, 6) is -0.367. The third-order valence-electron chi connectivity index (χ3n) is 4.97. The van der Waals surface area contributed by atoms with E-state index in [1.165, 1.54) is 12.1 Å². The van der Waals surface area contributed by atoms with Crippen LogP contribution in [0.3, 0.4) is 0 Å². The van der Waals surface area contributed by atoms with E-state index in [0.717, 1.165) is 22.0 Å².